The van der Waals surface area contributed by atoms with Crippen LogP contribution in [0.15, 0.2) is 48.5 Å². The predicted octanol–water partition coefficient (Wildman–Crippen LogP) is 3.15. The standard InChI is InChI=1S/C20H18F2N2O4/c1-11(13-7-9-14(10-8-13)28-20(21)22)23-17(25)12(2)24-18(26)15-5-3-4-6-16(15)19(24)27/h3-12,20H,1-2H3,(H,23,25). The largest absolute Gasteiger partial charge is 0.435 e. The Kier molecular flexibility index (Phi) is 5.39. The molecule has 1 aliphatic heterocycles. The van der Waals surface area contributed by atoms with Gasteiger partial charge in [0.15, 0.2) is 0 Å². The summed E-state index contributed by atoms with van der Waals surface area (Å²) in [5.74, 6) is -1.51. The van der Waals surface area contributed by atoms with Gasteiger partial charge in [-0.25, -0.2) is 0 Å². The number of alkyl halides is 2. The first kappa shape index (κ1) is 19.5. The fourth-order valence-electron chi connectivity index (χ4n) is 3.03. The molecule has 2 atom stereocenters. The van der Waals surface area contributed by atoms with Crippen molar-refractivity contribution in [2.75, 3.05) is 0 Å². The number of hydrogen-bond donors (Lipinski definition) is 1. The Labute approximate surface area is 160 Å². The minimum absolute atomic E-state index is 0.0108. The van der Waals surface area contributed by atoms with Gasteiger partial charge < -0.3 is 10.1 Å². The molecule has 1 aliphatic rings. The lowest BCUT2D eigenvalue weighted by Crippen LogP contribution is -2.48. The minimum Gasteiger partial charge on any atom is -0.435 e. The Bertz CT molecular complexity index is 880. The van der Waals surface area contributed by atoms with E-state index in [1.165, 1.54) is 19.1 Å². The third kappa shape index (κ3) is 3.71. The quantitative estimate of drug-likeness (QED) is 0.772. The van der Waals surface area contributed by atoms with Gasteiger partial charge in [-0.15, -0.1) is 0 Å². The van der Waals surface area contributed by atoms with Crippen LogP contribution in [0.3, 0.4) is 0 Å². The molecule has 0 saturated heterocycles. The second-order valence-corrected chi connectivity index (χ2v) is 6.38. The van der Waals surface area contributed by atoms with Gasteiger partial charge in [0, 0.05) is 0 Å². The van der Waals surface area contributed by atoms with Crippen LogP contribution in [0.4, 0.5) is 8.78 Å². The van der Waals surface area contributed by atoms with E-state index in [9.17, 15) is 23.2 Å². The molecule has 28 heavy (non-hydrogen) atoms. The maximum absolute atomic E-state index is 12.6. The molecular weight excluding hydrogens is 370 g/mol. The number of carbonyl (C=O) groups excluding carboxylic acids is 3. The molecule has 3 amide bonds. The van der Waals surface area contributed by atoms with E-state index in [1.54, 1.807) is 43.3 Å². The number of ether oxygens (including phenoxy) is 1. The molecule has 0 fully saturated rings. The van der Waals surface area contributed by atoms with Crippen molar-refractivity contribution in [2.24, 2.45) is 0 Å². The van der Waals surface area contributed by atoms with Gasteiger partial charge in [0.05, 0.1) is 17.2 Å². The molecule has 0 bridgehead atoms. The second kappa shape index (κ2) is 7.75. The topological polar surface area (TPSA) is 75.7 Å². The van der Waals surface area contributed by atoms with E-state index in [2.05, 4.69) is 10.1 Å². The van der Waals surface area contributed by atoms with Crippen LogP contribution in [0.5, 0.6) is 5.75 Å². The Balaban J connectivity index is 1.67. The molecule has 3 rings (SSSR count). The van der Waals surface area contributed by atoms with Gasteiger partial charge >= 0.3 is 6.61 Å². The van der Waals surface area contributed by atoms with Crippen molar-refractivity contribution in [3.8, 4) is 5.75 Å². The molecule has 0 radical (unpaired) electrons. The zero-order chi connectivity index (χ0) is 20.4. The van der Waals surface area contributed by atoms with Gasteiger partial charge in [0.1, 0.15) is 11.8 Å². The Morgan fingerprint density at radius 2 is 1.50 bits per heavy atom. The van der Waals surface area contributed by atoms with E-state index in [-0.39, 0.29) is 16.9 Å². The van der Waals surface area contributed by atoms with Crippen molar-refractivity contribution < 1.29 is 27.9 Å². The van der Waals surface area contributed by atoms with Crippen molar-refractivity contribution in [3.05, 3.63) is 65.2 Å². The molecule has 146 valence electrons. The van der Waals surface area contributed by atoms with Crippen molar-refractivity contribution >= 4 is 17.7 Å². The molecule has 0 spiro atoms. The molecule has 0 aliphatic carbocycles. The number of imide groups is 1. The number of hydrogen-bond acceptors (Lipinski definition) is 4. The summed E-state index contributed by atoms with van der Waals surface area (Å²) >= 11 is 0. The van der Waals surface area contributed by atoms with E-state index in [1.807, 2.05) is 0 Å². The average molecular weight is 388 g/mol. The lowest BCUT2D eigenvalue weighted by molar-refractivity contribution is -0.125. The van der Waals surface area contributed by atoms with Crippen LogP contribution in [-0.2, 0) is 4.79 Å². The normalized spacial score (nSPS) is 15.4. The fourth-order valence-corrected chi connectivity index (χ4v) is 3.03. The summed E-state index contributed by atoms with van der Waals surface area (Å²) in [7, 11) is 0. The third-order valence-electron chi connectivity index (χ3n) is 4.56. The van der Waals surface area contributed by atoms with Crippen LogP contribution in [0, 0.1) is 0 Å². The van der Waals surface area contributed by atoms with Crippen LogP contribution in [0.2, 0.25) is 0 Å². The molecule has 2 aromatic carbocycles. The Morgan fingerprint density at radius 1 is 0.964 bits per heavy atom. The van der Waals surface area contributed by atoms with Crippen LogP contribution in [-0.4, -0.2) is 35.3 Å². The van der Waals surface area contributed by atoms with Crippen LogP contribution >= 0.6 is 0 Å². The molecule has 8 heteroatoms. The number of nitrogens with one attached hydrogen (secondary N) is 1. The third-order valence-corrected chi connectivity index (χ3v) is 4.56. The number of benzene rings is 2. The van der Waals surface area contributed by atoms with Gasteiger partial charge in [-0.05, 0) is 43.7 Å². The summed E-state index contributed by atoms with van der Waals surface area (Å²) in [6, 6.07) is 10.8. The van der Waals surface area contributed by atoms with Crippen molar-refractivity contribution in [1.82, 2.24) is 10.2 Å². The molecule has 0 aromatic heterocycles. The summed E-state index contributed by atoms with van der Waals surface area (Å²) in [6.07, 6.45) is 0. The van der Waals surface area contributed by atoms with E-state index < -0.39 is 36.4 Å². The smallest absolute Gasteiger partial charge is 0.387 e. The van der Waals surface area contributed by atoms with Crippen molar-refractivity contribution in [1.29, 1.82) is 0 Å². The highest BCUT2D eigenvalue weighted by molar-refractivity contribution is 6.22. The first-order valence-corrected chi connectivity index (χ1v) is 8.61. The molecule has 6 nitrogen and oxygen atoms in total. The summed E-state index contributed by atoms with van der Waals surface area (Å²) in [5, 5.41) is 2.73. The highest BCUT2D eigenvalue weighted by atomic mass is 19.3. The van der Waals surface area contributed by atoms with Crippen LogP contribution in [0.1, 0.15) is 46.2 Å². The van der Waals surface area contributed by atoms with Crippen LogP contribution in [0.25, 0.3) is 0 Å². The van der Waals surface area contributed by atoms with Gasteiger partial charge in [-0.1, -0.05) is 24.3 Å². The summed E-state index contributed by atoms with van der Waals surface area (Å²) in [4.78, 5) is 38.5. The monoisotopic (exact) mass is 388 g/mol. The van der Waals surface area contributed by atoms with Gasteiger partial charge in [-0.2, -0.15) is 8.78 Å². The van der Waals surface area contributed by atoms with Crippen molar-refractivity contribution in [2.45, 2.75) is 32.5 Å². The molecular formula is C20H18F2N2O4. The fraction of sp³-hybridized carbons (Fsp3) is 0.250. The maximum Gasteiger partial charge on any atom is 0.387 e. The predicted molar refractivity (Wildman–Crippen MR) is 96.0 cm³/mol. The molecule has 2 aromatic rings. The van der Waals surface area contributed by atoms with E-state index in [0.717, 1.165) is 4.90 Å². The van der Waals surface area contributed by atoms with E-state index >= 15 is 0 Å². The van der Waals surface area contributed by atoms with E-state index in [0.29, 0.717) is 5.56 Å². The second-order valence-electron chi connectivity index (χ2n) is 6.38. The highest BCUT2D eigenvalue weighted by Gasteiger charge is 2.40. The minimum atomic E-state index is -2.91. The van der Waals surface area contributed by atoms with Gasteiger partial charge in [0.2, 0.25) is 5.91 Å². The number of halogens is 2. The molecule has 1 heterocycles. The number of carbonyl (C=O) groups is 3. The zero-order valence-electron chi connectivity index (χ0n) is 15.2. The average Bonchev–Trinajstić information content (AvgIpc) is 2.92. The summed E-state index contributed by atoms with van der Waals surface area (Å²) in [5.41, 5.74) is 1.20. The molecule has 2 unspecified atom stereocenters. The van der Waals surface area contributed by atoms with Crippen LogP contribution < -0.4 is 10.1 Å². The number of fused-ring (bicyclic) bond motifs is 1. The summed E-state index contributed by atoms with van der Waals surface area (Å²) < 4.78 is 28.7. The van der Waals surface area contributed by atoms with Gasteiger partial charge in [0.25, 0.3) is 11.8 Å². The first-order chi connectivity index (χ1) is 13.3. The number of nitrogens with zero attached hydrogens (tertiary/aromatic N) is 1. The lowest BCUT2D eigenvalue weighted by Gasteiger charge is -2.24. The number of amides is 3. The molecule has 1 N–H and O–H groups in total. The van der Waals surface area contributed by atoms with E-state index in [4.69, 9.17) is 0 Å². The number of rotatable bonds is 6. The SMILES string of the molecule is CC(NC(=O)C(C)N1C(=O)c2ccccc2C1=O)c1ccc(OC(F)F)cc1. The van der Waals surface area contributed by atoms with Gasteiger partial charge in [-0.3, -0.25) is 19.3 Å². The molecule has 0 saturated carbocycles. The maximum atomic E-state index is 12.6. The Morgan fingerprint density at radius 3 is 2.00 bits per heavy atom. The lowest BCUT2D eigenvalue weighted by atomic mass is 10.1. The summed E-state index contributed by atoms with van der Waals surface area (Å²) in [6.45, 7) is 0.266. The Hall–Kier alpha value is -3.29. The van der Waals surface area contributed by atoms with Crippen molar-refractivity contribution in [3.63, 3.8) is 0 Å². The first-order valence-electron chi connectivity index (χ1n) is 8.61. The highest BCUT2D eigenvalue weighted by Crippen LogP contribution is 2.25. The zero-order valence-corrected chi connectivity index (χ0v) is 15.2.